The molecule has 17 heteroatoms. The molecular formula is C51H60FN9O6S. The molecule has 3 atom stereocenters. The van der Waals surface area contributed by atoms with Crippen molar-refractivity contribution in [2.24, 2.45) is 10.8 Å². The first-order valence-corrected chi connectivity index (χ1v) is 23.9. The summed E-state index contributed by atoms with van der Waals surface area (Å²) in [6, 6.07) is 18.0. The minimum absolute atomic E-state index is 0.0345. The predicted molar refractivity (Wildman–Crippen MR) is 260 cm³/mol. The number of ether oxygens (including phenoxy) is 1. The number of nitrogens with zero attached hydrogens (tertiary/aromatic N) is 6. The summed E-state index contributed by atoms with van der Waals surface area (Å²) in [6.45, 7) is 14.7. The van der Waals surface area contributed by atoms with Gasteiger partial charge in [0.15, 0.2) is 5.82 Å². The number of rotatable bonds is 16. The lowest BCUT2D eigenvalue weighted by Crippen LogP contribution is -2.58. The fourth-order valence-electron chi connectivity index (χ4n) is 8.92. The van der Waals surface area contributed by atoms with E-state index in [4.69, 9.17) is 10.5 Å². The number of aromatic hydroxyl groups is 1. The topological polar surface area (TPSA) is 199 Å². The summed E-state index contributed by atoms with van der Waals surface area (Å²) in [5.41, 5.74) is 12.3. The molecule has 2 saturated heterocycles. The second-order valence-corrected chi connectivity index (χ2v) is 20.0. The lowest BCUT2D eigenvalue weighted by molar-refractivity contribution is -0.144. The van der Waals surface area contributed by atoms with Gasteiger partial charge in [-0.05, 0) is 66.6 Å². The van der Waals surface area contributed by atoms with Crippen molar-refractivity contribution in [2.75, 3.05) is 50.0 Å². The van der Waals surface area contributed by atoms with Gasteiger partial charge in [0.2, 0.25) is 17.7 Å². The van der Waals surface area contributed by atoms with Gasteiger partial charge in [-0.25, -0.2) is 9.37 Å². The highest BCUT2D eigenvalue weighted by Gasteiger charge is 2.50. The van der Waals surface area contributed by atoms with Gasteiger partial charge in [-0.3, -0.25) is 19.3 Å². The number of β-amino-alcohol motifs (C(OH)–C–C–N with tert-alkyl or cyclic N) is 1. The van der Waals surface area contributed by atoms with Crippen LogP contribution in [-0.4, -0.2) is 110 Å². The van der Waals surface area contributed by atoms with Gasteiger partial charge in [0.1, 0.15) is 29.4 Å². The van der Waals surface area contributed by atoms with Crippen LogP contribution in [0.4, 0.5) is 15.9 Å². The zero-order valence-corrected chi connectivity index (χ0v) is 39.8. The average Bonchev–Trinajstić information content (AvgIpc) is 3.85. The molecule has 3 aliphatic rings. The number of hydrogen-bond donors (Lipinski definition) is 5. The van der Waals surface area contributed by atoms with E-state index in [2.05, 4.69) is 42.2 Å². The molecular weight excluding hydrogens is 886 g/mol. The molecule has 8 rings (SSSR count). The molecule has 68 heavy (non-hydrogen) atoms. The van der Waals surface area contributed by atoms with E-state index in [-0.39, 0.29) is 43.6 Å². The number of aliphatic hydroxyl groups is 1. The number of thiazole rings is 1. The van der Waals surface area contributed by atoms with Crippen LogP contribution in [0.25, 0.3) is 21.7 Å². The first kappa shape index (κ1) is 48.0. The zero-order valence-electron chi connectivity index (χ0n) is 39.0. The number of nitrogens with two attached hydrogens (primary N) is 1. The summed E-state index contributed by atoms with van der Waals surface area (Å²) in [6.07, 6.45) is 2.53. The van der Waals surface area contributed by atoms with E-state index >= 15 is 4.39 Å². The molecule has 4 heterocycles. The Morgan fingerprint density at radius 3 is 2.47 bits per heavy atom. The number of phenolic OH excluding ortho intramolecular Hbond substituents is 1. The van der Waals surface area contributed by atoms with Crippen molar-refractivity contribution in [3.8, 4) is 33.2 Å². The number of amides is 3. The van der Waals surface area contributed by atoms with E-state index in [1.54, 1.807) is 35.9 Å². The van der Waals surface area contributed by atoms with Crippen LogP contribution < -0.4 is 26.0 Å². The normalized spacial score (nSPS) is 18.5. The van der Waals surface area contributed by atoms with Crippen molar-refractivity contribution in [2.45, 2.75) is 84.7 Å². The maximum atomic E-state index is 15.7. The lowest BCUT2D eigenvalue weighted by atomic mass is 9.85. The zero-order chi connectivity index (χ0) is 48.3. The Hall–Kier alpha value is -6.43. The number of aryl methyl sites for hydroxylation is 1. The van der Waals surface area contributed by atoms with Gasteiger partial charge in [-0.2, -0.15) is 0 Å². The highest BCUT2D eigenvalue weighted by molar-refractivity contribution is 7.13. The van der Waals surface area contributed by atoms with Crippen LogP contribution in [0.15, 0.2) is 84.9 Å². The Bertz CT molecular complexity index is 2680. The molecule has 358 valence electrons. The number of piperazine rings is 1. The Kier molecular flexibility index (Phi) is 14.2. The van der Waals surface area contributed by atoms with Crippen molar-refractivity contribution in [3.63, 3.8) is 0 Å². The summed E-state index contributed by atoms with van der Waals surface area (Å²) in [7, 11) is 0. The van der Waals surface area contributed by atoms with Crippen LogP contribution in [-0.2, 0) is 33.9 Å². The minimum atomic E-state index is -0.950. The standard InChI is InChI=1S/C51H60FN9O6S/c1-6-51(16-17-51)49(66)56-45(50(3,4)5)48(65)61-29-36(62)25-41(61)47(64)54-27-34-14-13-33(44-31(2)55-30-68-44)24-43(34)67-22-15-32-11-12-35(38(52)23-32)28-59-18-20-60(21-19-59)40-26-39(57-58-46(40)53)37-9-7-8-10-42(37)63/h6-14,23-24,26,30,36,41,45,62-63H,1,15-22,25,27-29H2,2-5H3,(H2,53,58)(H,54,64)(H,56,66)/t36-,41+,45-/m1/s1. The van der Waals surface area contributed by atoms with Crippen LogP contribution in [0.5, 0.6) is 11.5 Å². The minimum Gasteiger partial charge on any atom is -0.507 e. The van der Waals surface area contributed by atoms with Crippen molar-refractivity contribution in [3.05, 3.63) is 113 Å². The van der Waals surface area contributed by atoms with Crippen molar-refractivity contribution in [1.82, 2.24) is 35.6 Å². The molecule has 3 fully saturated rings. The number of likely N-dealkylation sites (tertiary alicyclic amines) is 1. The van der Waals surface area contributed by atoms with Gasteiger partial charge in [0, 0.05) is 75.3 Å². The summed E-state index contributed by atoms with van der Waals surface area (Å²) >= 11 is 1.51. The van der Waals surface area contributed by atoms with Gasteiger partial charge in [0.25, 0.3) is 0 Å². The molecule has 0 bridgehead atoms. The molecule has 1 saturated carbocycles. The predicted octanol–water partition coefficient (Wildman–Crippen LogP) is 6.02. The van der Waals surface area contributed by atoms with Crippen LogP contribution in [0, 0.1) is 23.6 Å². The van der Waals surface area contributed by atoms with E-state index in [1.807, 2.05) is 70.2 Å². The average molecular weight is 946 g/mol. The quantitative estimate of drug-likeness (QED) is 0.0723. The Morgan fingerprint density at radius 1 is 1.04 bits per heavy atom. The van der Waals surface area contributed by atoms with E-state index < -0.39 is 40.8 Å². The van der Waals surface area contributed by atoms with Gasteiger partial charge in [-0.1, -0.05) is 63.2 Å². The highest BCUT2D eigenvalue weighted by Crippen LogP contribution is 2.47. The van der Waals surface area contributed by atoms with E-state index in [9.17, 15) is 24.6 Å². The number of aromatic nitrogens is 3. The van der Waals surface area contributed by atoms with E-state index in [0.717, 1.165) is 27.4 Å². The van der Waals surface area contributed by atoms with Crippen molar-refractivity contribution in [1.29, 1.82) is 0 Å². The second-order valence-electron chi connectivity index (χ2n) is 19.1. The number of para-hydroxylation sites is 1. The molecule has 2 aromatic heterocycles. The van der Waals surface area contributed by atoms with Crippen LogP contribution in [0.1, 0.15) is 62.4 Å². The maximum absolute atomic E-state index is 15.7. The van der Waals surface area contributed by atoms with E-state index in [1.165, 1.54) is 16.2 Å². The largest absolute Gasteiger partial charge is 0.507 e. The Labute approximate surface area is 400 Å². The number of aliphatic hydroxyl groups excluding tert-OH is 1. The van der Waals surface area contributed by atoms with Gasteiger partial charge in [0.05, 0.1) is 45.6 Å². The number of phenols is 1. The third kappa shape index (κ3) is 10.6. The fraction of sp³-hybridized carbons (Fsp3) is 0.412. The van der Waals surface area contributed by atoms with Gasteiger partial charge in [-0.15, -0.1) is 28.1 Å². The Balaban J connectivity index is 0.887. The summed E-state index contributed by atoms with van der Waals surface area (Å²) in [5.74, 6) is -0.456. The number of anilines is 2. The number of carbonyl (C=O) groups is 3. The number of nitrogen functional groups attached to an aromatic ring is 1. The molecule has 5 aromatic rings. The van der Waals surface area contributed by atoms with Crippen LogP contribution in [0.3, 0.4) is 0 Å². The Morgan fingerprint density at radius 2 is 1.79 bits per heavy atom. The molecule has 0 unspecified atom stereocenters. The first-order chi connectivity index (χ1) is 32.5. The summed E-state index contributed by atoms with van der Waals surface area (Å²) < 4.78 is 22.1. The number of nitrogens with one attached hydrogen (secondary N) is 2. The monoisotopic (exact) mass is 945 g/mol. The van der Waals surface area contributed by atoms with E-state index in [0.29, 0.717) is 85.9 Å². The van der Waals surface area contributed by atoms with Gasteiger partial charge < -0.3 is 41.1 Å². The second kappa shape index (κ2) is 20.0. The summed E-state index contributed by atoms with van der Waals surface area (Å²) in [4.78, 5) is 52.4. The number of carbonyl (C=O) groups excluding carboxylic acids is 3. The smallest absolute Gasteiger partial charge is 0.246 e. The first-order valence-electron chi connectivity index (χ1n) is 23.1. The van der Waals surface area contributed by atoms with Crippen LogP contribution in [0.2, 0.25) is 0 Å². The molecule has 0 spiro atoms. The lowest BCUT2D eigenvalue weighted by Gasteiger charge is -2.36. The van der Waals surface area contributed by atoms with Crippen LogP contribution >= 0.6 is 11.3 Å². The fourth-order valence-corrected chi connectivity index (χ4v) is 9.72. The summed E-state index contributed by atoms with van der Waals surface area (Å²) in [5, 5.41) is 35.4. The SMILES string of the molecule is C=CC1(C(=O)N[C@H](C(=O)N2C[C@H](O)C[C@H]2C(=O)NCc2ccc(-c3scnc3C)cc2OCCc2ccc(CN3CCN(c4cc(-c5ccccc5O)nnc4N)CC3)c(F)c2)C(C)(C)C)CC1. The number of hydrogen-bond acceptors (Lipinski definition) is 13. The maximum Gasteiger partial charge on any atom is 0.246 e. The molecule has 15 nitrogen and oxygen atoms in total. The highest BCUT2D eigenvalue weighted by atomic mass is 32.1. The third-order valence-corrected chi connectivity index (χ3v) is 14.2. The molecule has 3 amide bonds. The molecule has 3 aromatic carbocycles. The molecule has 2 aliphatic heterocycles. The van der Waals surface area contributed by atoms with Crippen molar-refractivity contribution < 1.29 is 33.7 Å². The van der Waals surface area contributed by atoms with Gasteiger partial charge >= 0.3 is 0 Å². The number of benzene rings is 3. The van der Waals surface area contributed by atoms with Crippen molar-refractivity contribution >= 4 is 40.6 Å². The molecule has 1 aliphatic carbocycles. The molecule has 6 N–H and O–H groups in total. The molecule has 0 radical (unpaired) electrons. The number of halogens is 1. The third-order valence-electron chi connectivity index (χ3n) is 13.3.